The summed E-state index contributed by atoms with van der Waals surface area (Å²) < 4.78 is 18.7. The lowest BCUT2D eigenvalue weighted by Gasteiger charge is -2.08. The van der Waals surface area contributed by atoms with Crippen LogP contribution in [0.25, 0.3) is 0 Å². The Morgan fingerprint density at radius 1 is 1.00 bits per heavy atom. The quantitative estimate of drug-likeness (QED) is 0.759. The number of hydrogen-bond acceptors (Lipinski definition) is 1. The van der Waals surface area contributed by atoms with Crippen molar-refractivity contribution in [2.45, 2.75) is 13.5 Å². The molecule has 16 heavy (non-hydrogen) atoms. The third-order valence-corrected chi connectivity index (χ3v) is 2.48. The zero-order chi connectivity index (χ0) is 11.4. The lowest BCUT2D eigenvalue weighted by Crippen LogP contribution is -1.98. The van der Waals surface area contributed by atoms with Crippen molar-refractivity contribution in [2.24, 2.45) is 0 Å². The van der Waals surface area contributed by atoms with Crippen LogP contribution >= 0.6 is 0 Å². The summed E-state index contributed by atoms with van der Waals surface area (Å²) in [6, 6.07) is 14.4. The highest BCUT2D eigenvalue weighted by Crippen LogP contribution is 2.18. The maximum absolute atomic E-state index is 13.3. The van der Waals surface area contributed by atoms with Crippen LogP contribution in [0.15, 0.2) is 48.5 Å². The van der Waals surface area contributed by atoms with Crippen LogP contribution in [0.1, 0.15) is 11.1 Å². The van der Waals surface area contributed by atoms with Crippen LogP contribution in [0.5, 0.6) is 5.75 Å². The molecule has 1 nitrogen and oxygen atoms in total. The average molecular weight is 216 g/mol. The standard InChI is InChI=1S/C14H13FO/c1-11-6-2-3-7-12(11)10-16-14-9-5-4-8-13(14)15/h2-9H,10H2,1H3. The van der Waals surface area contributed by atoms with E-state index >= 15 is 0 Å². The van der Waals surface area contributed by atoms with Crippen molar-refractivity contribution in [3.05, 3.63) is 65.5 Å². The molecule has 0 aliphatic carbocycles. The molecule has 2 aromatic rings. The van der Waals surface area contributed by atoms with Gasteiger partial charge in [-0.1, -0.05) is 36.4 Å². The molecule has 0 N–H and O–H groups in total. The Balaban J connectivity index is 2.09. The number of halogens is 1. The maximum Gasteiger partial charge on any atom is 0.165 e. The van der Waals surface area contributed by atoms with E-state index in [-0.39, 0.29) is 5.82 Å². The molecule has 0 aromatic heterocycles. The van der Waals surface area contributed by atoms with E-state index in [1.807, 2.05) is 31.2 Å². The first-order valence-electron chi connectivity index (χ1n) is 5.19. The van der Waals surface area contributed by atoms with E-state index in [0.717, 1.165) is 11.1 Å². The molecule has 0 atom stereocenters. The minimum Gasteiger partial charge on any atom is -0.486 e. The largest absolute Gasteiger partial charge is 0.486 e. The van der Waals surface area contributed by atoms with E-state index in [1.54, 1.807) is 18.2 Å². The minimum absolute atomic E-state index is 0.297. The molecule has 0 fully saturated rings. The molecule has 2 rings (SSSR count). The molecular weight excluding hydrogens is 203 g/mol. The fraction of sp³-hybridized carbons (Fsp3) is 0.143. The molecule has 2 heteroatoms. The normalized spacial score (nSPS) is 10.1. The Morgan fingerprint density at radius 3 is 2.44 bits per heavy atom. The van der Waals surface area contributed by atoms with E-state index in [0.29, 0.717) is 12.4 Å². The molecule has 82 valence electrons. The van der Waals surface area contributed by atoms with Gasteiger partial charge in [0.15, 0.2) is 11.6 Å². The average Bonchev–Trinajstić information content (AvgIpc) is 2.30. The second kappa shape index (κ2) is 4.79. The van der Waals surface area contributed by atoms with Gasteiger partial charge in [-0.2, -0.15) is 0 Å². The first-order chi connectivity index (χ1) is 7.77. The van der Waals surface area contributed by atoms with E-state index in [4.69, 9.17) is 4.74 Å². The maximum atomic E-state index is 13.3. The summed E-state index contributed by atoms with van der Waals surface area (Å²) in [5.74, 6) is -0.0261. The predicted molar refractivity (Wildman–Crippen MR) is 61.9 cm³/mol. The number of ether oxygens (including phenoxy) is 1. The molecule has 0 aliphatic heterocycles. The van der Waals surface area contributed by atoms with Crippen molar-refractivity contribution in [3.8, 4) is 5.75 Å². The summed E-state index contributed by atoms with van der Waals surface area (Å²) in [5, 5.41) is 0. The topological polar surface area (TPSA) is 9.23 Å². The SMILES string of the molecule is Cc1ccccc1COc1ccccc1F. The highest BCUT2D eigenvalue weighted by Gasteiger charge is 2.02. The molecule has 0 radical (unpaired) electrons. The summed E-state index contributed by atoms with van der Waals surface area (Å²) >= 11 is 0. The van der Waals surface area contributed by atoms with Gasteiger partial charge in [0.25, 0.3) is 0 Å². The zero-order valence-corrected chi connectivity index (χ0v) is 9.11. The smallest absolute Gasteiger partial charge is 0.165 e. The summed E-state index contributed by atoms with van der Waals surface area (Å²) in [7, 11) is 0. The van der Waals surface area contributed by atoms with E-state index < -0.39 is 0 Å². The third-order valence-electron chi connectivity index (χ3n) is 2.48. The molecule has 0 unspecified atom stereocenters. The van der Waals surface area contributed by atoms with Crippen LogP contribution in [0.4, 0.5) is 4.39 Å². The summed E-state index contributed by atoms with van der Waals surface area (Å²) in [4.78, 5) is 0. The monoisotopic (exact) mass is 216 g/mol. The van der Waals surface area contributed by atoms with Crippen molar-refractivity contribution >= 4 is 0 Å². The number of benzene rings is 2. The van der Waals surface area contributed by atoms with Gasteiger partial charge in [0.05, 0.1) is 0 Å². The Morgan fingerprint density at radius 2 is 1.69 bits per heavy atom. The van der Waals surface area contributed by atoms with Crippen molar-refractivity contribution in [2.75, 3.05) is 0 Å². The fourth-order valence-electron chi connectivity index (χ4n) is 1.49. The first kappa shape index (κ1) is 10.7. The van der Waals surface area contributed by atoms with Crippen LogP contribution in [0.2, 0.25) is 0 Å². The van der Waals surface area contributed by atoms with Gasteiger partial charge in [-0.3, -0.25) is 0 Å². The second-order valence-electron chi connectivity index (χ2n) is 3.65. The molecule has 0 saturated carbocycles. The van der Waals surface area contributed by atoms with Crippen LogP contribution in [-0.2, 0) is 6.61 Å². The van der Waals surface area contributed by atoms with Gasteiger partial charge in [0.2, 0.25) is 0 Å². The molecule has 0 amide bonds. The van der Waals surface area contributed by atoms with E-state index in [9.17, 15) is 4.39 Å². The third kappa shape index (κ3) is 2.40. The van der Waals surface area contributed by atoms with E-state index in [1.165, 1.54) is 6.07 Å². The summed E-state index contributed by atoms with van der Waals surface area (Å²) in [6.45, 7) is 2.41. The Bertz CT molecular complexity index is 434. The lowest BCUT2D eigenvalue weighted by molar-refractivity contribution is 0.289. The van der Waals surface area contributed by atoms with Crippen molar-refractivity contribution in [1.29, 1.82) is 0 Å². The number of rotatable bonds is 3. The molecular formula is C14H13FO. The van der Waals surface area contributed by atoms with Crippen LogP contribution in [0.3, 0.4) is 0 Å². The molecule has 0 bridgehead atoms. The van der Waals surface area contributed by atoms with Crippen LogP contribution in [0, 0.1) is 12.7 Å². The fourth-order valence-corrected chi connectivity index (χ4v) is 1.49. The minimum atomic E-state index is -0.323. The van der Waals surface area contributed by atoms with Gasteiger partial charge >= 0.3 is 0 Å². The number of para-hydroxylation sites is 1. The van der Waals surface area contributed by atoms with Gasteiger partial charge in [-0.15, -0.1) is 0 Å². The van der Waals surface area contributed by atoms with Gasteiger partial charge in [0, 0.05) is 0 Å². The van der Waals surface area contributed by atoms with Gasteiger partial charge < -0.3 is 4.74 Å². The summed E-state index contributed by atoms with van der Waals surface area (Å²) in [6.07, 6.45) is 0. The molecule has 0 aliphatic rings. The van der Waals surface area contributed by atoms with Gasteiger partial charge in [-0.25, -0.2) is 4.39 Å². The second-order valence-corrected chi connectivity index (χ2v) is 3.65. The van der Waals surface area contributed by atoms with Crippen molar-refractivity contribution < 1.29 is 9.13 Å². The Hall–Kier alpha value is -1.83. The predicted octanol–water partition coefficient (Wildman–Crippen LogP) is 3.71. The first-order valence-corrected chi connectivity index (χ1v) is 5.19. The molecule has 0 heterocycles. The number of aryl methyl sites for hydroxylation is 1. The molecule has 0 spiro atoms. The zero-order valence-electron chi connectivity index (χ0n) is 9.11. The Kier molecular flexibility index (Phi) is 3.20. The Labute approximate surface area is 94.5 Å². The van der Waals surface area contributed by atoms with Crippen LogP contribution < -0.4 is 4.74 Å². The lowest BCUT2D eigenvalue weighted by atomic mass is 10.1. The number of hydrogen-bond donors (Lipinski definition) is 0. The summed E-state index contributed by atoms with van der Waals surface area (Å²) in [5.41, 5.74) is 2.23. The van der Waals surface area contributed by atoms with Gasteiger partial charge in [0.1, 0.15) is 6.61 Å². The molecule has 2 aromatic carbocycles. The van der Waals surface area contributed by atoms with Gasteiger partial charge in [-0.05, 0) is 30.2 Å². The highest BCUT2D eigenvalue weighted by atomic mass is 19.1. The molecule has 0 saturated heterocycles. The van der Waals surface area contributed by atoms with Crippen LogP contribution in [-0.4, -0.2) is 0 Å². The van der Waals surface area contributed by atoms with Crippen molar-refractivity contribution in [1.82, 2.24) is 0 Å². The van der Waals surface area contributed by atoms with Crippen molar-refractivity contribution in [3.63, 3.8) is 0 Å². The van der Waals surface area contributed by atoms with E-state index in [2.05, 4.69) is 0 Å². The highest BCUT2D eigenvalue weighted by molar-refractivity contribution is 5.27.